The van der Waals surface area contributed by atoms with Gasteiger partial charge >= 0.3 is 0 Å². The van der Waals surface area contributed by atoms with E-state index in [-0.39, 0.29) is 5.75 Å². The molecule has 0 aliphatic carbocycles. The summed E-state index contributed by atoms with van der Waals surface area (Å²) in [4.78, 5) is 0. The molecule has 0 unspecified atom stereocenters. The van der Waals surface area contributed by atoms with Gasteiger partial charge in [0.2, 0.25) is 0 Å². The third-order valence-corrected chi connectivity index (χ3v) is 5.19. The minimum Gasteiger partial charge on any atom is -0.506 e. The molecule has 4 aromatic carbocycles. The molecule has 4 nitrogen and oxygen atoms in total. The van der Waals surface area contributed by atoms with Crippen LogP contribution in [-0.2, 0) is 6.54 Å². The number of fused-ring (bicyclic) bond motifs is 4. The third-order valence-electron chi connectivity index (χ3n) is 5.19. The fourth-order valence-electron chi connectivity index (χ4n) is 3.85. The first-order chi connectivity index (χ1) is 13.7. The summed E-state index contributed by atoms with van der Waals surface area (Å²) in [6.45, 7) is 3.07. The lowest BCUT2D eigenvalue weighted by molar-refractivity contribution is 0.477. The Morgan fingerprint density at radius 1 is 0.750 bits per heavy atom. The molecule has 0 aliphatic rings. The smallest absolute Gasteiger partial charge is 0.143 e. The highest BCUT2D eigenvalue weighted by Crippen LogP contribution is 2.35. The van der Waals surface area contributed by atoms with Crippen molar-refractivity contribution in [3.8, 4) is 5.75 Å². The molecule has 0 saturated carbocycles. The minimum absolute atomic E-state index is 0.131. The van der Waals surface area contributed by atoms with Gasteiger partial charge in [-0.2, -0.15) is 5.11 Å². The van der Waals surface area contributed by atoms with Gasteiger partial charge in [0.25, 0.3) is 0 Å². The summed E-state index contributed by atoms with van der Waals surface area (Å²) in [6.07, 6.45) is 0. The van der Waals surface area contributed by atoms with Crippen LogP contribution in [0.25, 0.3) is 32.6 Å². The van der Waals surface area contributed by atoms with Crippen LogP contribution in [0.4, 0.5) is 11.4 Å². The Morgan fingerprint density at radius 3 is 2.29 bits per heavy atom. The van der Waals surface area contributed by atoms with Crippen LogP contribution in [0, 0.1) is 0 Å². The highest BCUT2D eigenvalue weighted by atomic mass is 16.3. The zero-order valence-electron chi connectivity index (χ0n) is 15.5. The number of nitrogens with zero attached hydrogens (tertiary/aromatic N) is 3. The number of aromatic hydroxyl groups is 1. The van der Waals surface area contributed by atoms with Crippen LogP contribution in [0.5, 0.6) is 5.75 Å². The molecule has 136 valence electrons. The molecule has 5 rings (SSSR count). The van der Waals surface area contributed by atoms with E-state index in [1.165, 1.54) is 16.4 Å². The van der Waals surface area contributed by atoms with Crippen LogP contribution in [-0.4, -0.2) is 9.67 Å². The van der Waals surface area contributed by atoms with Gasteiger partial charge in [-0.05, 0) is 54.1 Å². The van der Waals surface area contributed by atoms with Crippen LogP contribution < -0.4 is 0 Å². The maximum atomic E-state index is 10.3. The second-order valence-corrected chi connectivity index (χ2v) is 6.85. The van der Waals surface area contributed by atoms with Crippen LogP contribution in [0.15, 0.2) is 89.1 Å². The number of benzene rings is 4. The minimum atomic E-state index is 0.131. The number of para-hydroxylation sites is 1. The van der Waals surface area contributed by atoms with Crippen LogP contribution >= 0.6 is 0 Å². The van der Waals surface area contributed by atoms with Crippen molar-refractivity contribution in [3.05, 3.63) is 78.9 Å². The largest absolute Gasteiger partial charge is 0.506 e. The maximum Gasteiger partial charge on any atom is 0.143 e. The number of rotatable bonds is 3. The van der Waals surface area contributed by atoms with Gasteiger partial charge in [-0.1, -0.05) is 42.5 Å². The van der Waals surface area contributed by atoms with Gasteiger partial charge in [-0.15, -0.1) is 5.11 Å². The molecule has 0 saturated heterocycles. The van der Waals surface area contributed by atoms with E-state index in [1.54, 1.807) is 6.07 Å². The Hall–Kier alpha value is -3.66. The molecular weight excluding hydrogens is 346 g/mol. The van der Waals surface area contributed by atoms with Gasteiger partial charge in [0.05, 0.1) is 5.69 Å². The van der Waals surface area contributed by atoms with E-state index < -0.39 is 0 Å². The predicted octanol–water partition coefficient (Wildman–Crippen LogP) is 7.09. The van der Waals surface area contributed by atoms with E-state index in [9.17, 15) is 5.11 Å². The third kappa shape index (κ3) is 2.62. The number of azo groups is 1. The average molecular weight is 365 g/mol. The van der Waals surface area contributed by atoms with Crippen LogP contribution in [0.3, 0.4) is 0 Å². The molecular formula is C24H19N3O. The fourth-order valence-corrected chi connectivity index (χ4v) is 3.85. The summed E-state index contributed by atoms with van der Waals surface area (Å²) >= 11 is 0. The van der Waals surface area contributed by atoms with Gasteiger partial charge in [0.1, 0.15) is 11.4 Å². The van der Waals surface area contributed by atoms with Crippen molar-refractivity contribution in [1.82, 2.24) is 4.57 Å². The summed E-state index contributed by atoms with van der Waals surface area (Å²) in [6, 6.07) is 26.0. The summed E-state index contributed by atoms with van der Waals surface area (Å²) in [5.74, 6) is 0.131. The molecule has 4 heteroatoms. The molecule has 1 N–H and O–H groups in total. The fraction of sp³-hybridized carbons (Fsp3) is 0.0833. The van der Waals surface area contributed by atoms with Crippen molar-refractivity contribution in [1.29, 1.82) is 0 Å². The maximum absolute atomic E-state index is 10.3. The SMILES string of the molecule is CCn1c2ccccc2c2cc(N=Nc3cc4ccccc4cc3O)ccc21. The van der Waals surface area contributed by atoms with E-state index in [0.717, 1.165) is 28.4 Å². The molecule has 0 fully saturated rings. The molecule has 0 atom stereocenters. The number of phenolic OH excluding ortho intramolecular Hbond substituents is 1. The number of aromatic nitrogens is 1. The predicted molar refractivity (Wildman–Crippen MR) is 115 cm³/mol. The lowest BCUT2D eigenvalue weighted by Crippen LogP contribution is -1.92. The Morgan fingerprint density at radius 2 is 1.46 bits per heavy atom. The zero-order valence-corrected chi connectivity index (χ0v) is 15.5. The quantitative estimate of drug-likeness (QED) is 0.341. The standard InChI is InChI=1S/C24H19N3O/c1-2-27-22-10-6-5-9-19(22)20-15-18(11-12-23(20)27)25-26-21-13-16-7-3-4-8-17(16)14-24(21)28/h3-15,28H,2H2,1H3. The highest BCUT2D eigenvalue weighted by molar-refractivity contribution is 6.08. The van der Waals surface area contributed by atoms with E-state index in [1.807, 2.05) is 36.4 Å². The van der Waals surface area contributed by atoms with E-state index in [2.05, 4.69) is 58.1 Å². The molecule has 28 heavy (non-hydrogen) atoms. The molecule has 0 amide bonds. The van der Waals surface area contributed by atoms with Gasteiger partial charge in [0.15, 0.2) is 0 Å². The summed E-state index contributed by atoms with van der Waals surface area (Å²) in [5, 5.41) is 23.4. The lowest BCUT2D eigenvalue weighted by atomic mass is 10.1. The number of aryl methyl sites for hydroxylation is 1. The first-order valence-corrected chi connectivity index (χ1v) is 9.39. The van der Waals surface area contributed by atoms with Crippen molar-refractivity contribution in [2.24, 2.45) is 10.2 Å². The van der Waals surface area contributed by atoms with E-state index in [4.69, 9.17) is 0 Å². The van der Waals surface area contributed by atoms with E-state index >= 15 is 0 Å². The monoisotopic (exact) mass is 365 g/mol. The molecule has 1 aromatic heterocycles. The van der Waals surface area contributed by atoms with Gasteiger partial charge in [0, 0.05) is 28.4 Å². The topological polar surface area (TPSA) is 49.9 Å². The van der Waals surface area contributed by atoms with Crippen LogP contribution in [0.2, 0.25) is 0 Å². The lowest BCUT2D eigenvalue weighted by Gasteiger charge is -2.03. The zero-order chi connectivity index (χ0) is 19.1. The molecule has 0 aliphatic heterocycles. The highest BCUT2D eigenvalue weighted by Gasteiger charge is 2.09. The van der Waals surface area contributed by atoms with Crippen molar-refractivity contribution < 1.29 is 5.11 Å². The van der Waals surface area contributed by atoms with Crippen molar-refractivity contribution >= 4 is 44.0 Å². The molecule has 1 heterocycles. The second kappa shape index (κ2) is 6.50. The van der Waals surface area contributed by atoms with Crippen LogP contribution in [0.1, 0.15) is 6.92 Å². The molecule has 0 radical (unpaired) electrons. The average Bonchev–Trinajstić information content (AvgIpc) is 3.05. The van der Waals surface area contributed by atoms with Crippen molar-refractivity contribution in [2.45, 2.75) is 13.5 Å². The first-order valence-electron chi connectivity index (χ1n) is 9.39. The van der Waals surface area contributed by atoms with Crippen molar-refractivity contribution in [2.75, 3.05) is 0 Å². The van der Waals surface area contributed by atoms with Gasteiger partial charge < -0.3 is 9.67 Å². The van der Waals surface area contributed by atoms with Gasteiger partial charge in [-0.3, -0.25) is 0 Å². The molecule has 5 aromatic rings. The Balaban J connectivity index is 1.60. The van der Waals surface area contributed by atoms with E-state index in [0.29, 0.717) is 5.69 Å². The Bertz CT molecular complexity index is 1360. The first kappa shape index (κ1) is 16.5. The normalized spacial score (nSPS) is 11.9. The summed E-state index contributed by atoms with van der Waals surface area (Å²) < 4.78 is 2.31. The summed E-state index contributed by atoms with van der Waals surface area (Å²) in [7, 11) is 0. The number of hydrogen-bond donors (Lipinski definition) is 1. The Kier molecular flexibility index (Phi) is 3.83. The molecule has 0 bridgehead atoms. The Labute approximate surface area is 162 Å². The van der Waals surface area contributed by atoms with Gasteiger partial charge in [-0.25, -0.2) is 0 Å². The molecule has 0 spiro atoms. The number of hydrogen-bond acceptors (Lipinski definition) is 3. The summed E-state index contributed by atoms with van der Waals surface area (Å²) in [5.41, 5.74) is 3.64. The second-order valence-electron chi connectivity index (χ2n) is 6.85. The number of phenols is 1. The van der Waals surface area contributed by atoms with Crippen molar-refractivity contribution in [3.63, 3.8) is 0 Å².